The predicted octanol–water partition coefficient (Wildman–Crippen LogP) is 2.94. The van der Waals surface area contributed by atoms with Gasteiger partial charge in [0.2, 0.25) is 0 Å². The van der Waals surface area contributed by atoms with E-state index < -0.39 is 10.5 Å². The fraction of sp³-hybridized carbons (Fsp3) is 0.286. The van der Waals surface area contributed by atoms with Crippen molar-refractivity contribution in [3.05, 3.63) is 68.8 Å². The number of piperidine rings is 1. The Morgan fingerprint density at radius 3 is 2.57 bits per heavy atom. The average molecular weight is 408 g/mol. The fourth-order valence-corrected chi connectivity index (χ4v) is 3.87. The number of nitro benzene ring substituents is 1. The van der Waals surface area contributed by atoms with Crippen LogP contribution in [-0.4, -0.2) is 40.9 Å². The molecule has 9 heteroatoms. The number of carbonyl (C=O) groups is 1. The molecule has 0 atom stereocenters. The van der Waals surface area contributed by atoms with Gasteiger partial charge in [0, 0.05) is 30.6 Å². The van der Waals surface area contributed by atoms with E-state index in [0.29, 0.717) is 48.4 Å². The number of Topliss-reactive ketones (excluding diaryl/α,β-unsaturated/α-hetero) is 1. The Kier molecular flexibility index (Phi) is 5.18. The zero-order valence-electron chi connectivity index (χ0n) is 16.3. The van der Waals surface area contributed by atoms with Crippen LogP contribution in [0.5, 0.6) is 5.75 Å². The number of carbonyl (C=O) groups excluding carboxylic acids is 1. The van der Waals surface area contributed by atoms with E-state index in [2.05, 4.69) is 9.97 Å². The number of H-pyrrole nitrogens is 1. The van der Waals surface area contributed by atoms with Gasteiger partial charge in [0.05, 0.1) is 29.3 Å². The van der Waals surface area contributed by atoms with Crippen molar-refractivity contribution in [3.63, 3.8) is 0 Å². The first kappa shape index (κ1) is 19.6. The van der Waals surface area contributed by atoms with Crippen molar-refractivity contribution in [3.8, 4) is 5.75 Å². The van der Waals surface area contributed by atoms with E-state index in [4.69, 9.17) is 4.74 Å². The summed E-state index contributed by atoms with van der Waals surface area (Å²) in [6.45, 7) is 1.00. The number of anilines is 1. The van der Waals surface area contributed by atoms with E-state index in [0.717, 1.165) is 0 Å². The first-order valence-electron chi connectivity index (χ1n) is 9.57. The third kappa shape index (κ3) is 3.61. The van der Waals surface area contributed by atoms with Crippen LogP contribution in [0.15, 0.2) is 47.5 Å². The monoisotopic (exact) mass is 408 g/mol. The molecule has 1 aromatic heterocycles. The molecular weight excluding hydrogens is 388 g/mol. The lowest BCUT2D eigenvalue weighted by Gasteiger charge is -2.32. The maximum absolute atomic E-state index is 12.8. The Morgan fingerprint density at radius 2 is 1.93 bits per heavy atom. The van der Waals surface area contributed by atoms with Crippen molar-refractivity contribution in [2.75, 3.05) is 25.1 Å². The normalized spacial score (nSPS) is 14.6. The number of hydrogen-bond acceptors (Lipinski definition) is 7. The first-order chi connectivity index (χ1) is 14.5. The molecule has 3 aromatic rings. The molecule has 154 valence electrons. The zero-order chi connectivity index (χ0) is 21.3. The second-order valence-electron chi connectivity index (χ2n) is 7.20. The number of nitro groups is 1. The number of ether oxygens (including phenoxy) is 1. The van der Waals surface area contributed by atoms with E-state index in [-0.39, 0.29) is 22.8 Å². The van der Waals surface area contributed by atoms with Gasteiger partial charge in [-0.05, 0) is 43.2 Å². The summed E-state index contributed by atoms with van der Waals surface area (Å²) >= 11 is 0. The average Bonchev–Trinajstić information content (AvgIpc) is 2.78. The van der Waals surface area contributed by atoms with Gasteiger partial charge in [-0.2, -0.15) is 0 Å². The lowest BCUT2D eigenvalue weighted by atomic mass is 9.88. The summed E-state index contributed by atoms with van der Waals surface area (Å²) in [5.74, 6) is 0.617. The standard InChI is InChI=1S/C21H20N4O5/c1-30-15-4-2-13(3-5-15)20(26)14-6-8-24(9-7-14)18-11-17-16(10-19(18)25(28)29)21(27)23-12-22-17/h2-5,10-12,14H,6-9H2,1H3,(H,22,23,27). The van der Waals surface area contributed by atoms with E-state index in [1.54, 1.807) is 37.4 Å². The van der Waals surface area contributed by atoms with Crippen LogP contribution in [0.3, 0.4) is 0 Å². The molecule has 4 rings (SSSR count). The Morgan fingerprint density at radius 1 is 1.23 bits per heavy atom. The predicted molar refractivity (Wildman–Crippen MR) is 111 cm³/mol. The van der Waals surface area contributed by atoms with Gasteiger partial charge in [0.1, 0.15) is 11.4 Å². The third-order valence-electron chi connectivity index (χ3n) is 5.51. The Bertz CT molecular complexity index is 1160. The minimum atomic E-state index is -0.490. The molecule has 1 aliphatic heterocycles. The molecule has 30 heavy (non-hydrogen) atoms. The molecule has 1 saturated heterocycles. The smallest absolute Gasteiger partial charge is 0.293 e. The largest absolute Gasteiger partial charge is 0.497 e. The zero-order valence-corrected chi connectivity index (χ0v) is 16.3. The first-order valence-corrected chi connectivity index (χ1v) is 9.57. The molecule has 1 aliphatic rings. The maximum atomic E-state index is 12.8. The van der Waals surface area contributed by atoms with Crippen LogP contribution in [0.2, 0.25) is 0 Å². The Balaban J connectivity index is 1.55. The summed E-state index contributed by atoms with van der Waals surface area (Å²) in [5.41, 5.74) is 0.894. The molecule has 0 radical (unpaired) electrons. The molecule has 0 aliphatic carbocycles. The maximum Gasteiger partial charge on any atom is 0.293 e. The van der Waals surface area contributed by atoms with E-state index >= 15 is 0 Å². The summed E-state index contributed by atoms with van der Waals surface area (Å²) in [4.78, 5) is 44.3. The van der Waals surface area contributed by atoms with Gasteiger partial charge in [-0.25, -0.2) is 4.98 Å². The SMILES string of the molecule is COc1ccc(C(=O)C2CCN(c3cc4nc[nH]c(=O)c4cc3[N+](=O)[O-])CC2)cc1. The highest BCUT2D eigenvalue weighted by molar-refractivity contribution is 5.98. The topological polar surface area (TPSA) is 118 Å². The van der Waals surface area contributed by atoms with Crippen LogP contribution >= 0.6 is 0 Å². The summed E-state index contributed by atoms with van der Waals surface area (Å²) in [6, 6.07) is 9.88. The summed E-state index contributed by atoms with van der Waals surface area (Å²) in [7, 11) is 1.57. The number of nitrogens with zero attached hydrogens (tertiary/aromatic N) is 3. The van der Waals surface area contributed by atoms with Crippen molar-refractivity contribution < 1.29 is 14.5 Å². The van der Waals surface area contributed by atoms with Gasteiger partial charge in [0.15, 0.2) is 5.78 Å². The van der Waals surface area contributed by atoms with Crippen LogP contribution in [0.25, 0.3) is 10.9 Å². The van der Waals surface area contributed by atoms with Crippen LogP contribution in [0, 0.1) is 16.0 Å². The molecule has 1 fully saturated rings. The number of methoxy groups -OCH3 is 1. The number of aromatic amines is 1. The van der Waals surface area contributed by atoms with Gasteiger partial charge >= 0.3 is 0 Å². The minimum absolute atomic E-state index is 0.0681. The van der Waals surface area contributed by atoms with Crippen LogP contribution in [0.1, 0.15) is 23.2 Å². The number of ketones is 1. The van der Waals surface area contributed by atoms with Crippen molar-refractivity contribution in [1.82, 2.24) is 9.97 Å². The molecule has 2 heterocycles. The van der Waals surface area contributed by atoms with Gasteiger partial charge in [-0.3, -0.25) is 19.7 Å². The van der Waals surface area contributed by atoms with Crippen LogP contribution in [-0.2, 0) is 0 Å². The van der Waals surface area contributed by atoms with E-state index in [1.807, 2.05) is 4.90 Å². The van der Waals surface area contributed by atoms with E-state index in [9.17, 15) is 19.7 Å². The molecule has 0 spiro atoms. The number of nitrogens with one attached hydrogen (secondary N) is 1. The molecule has 0 amide bonds. The lowest BCUT2D eigenvalue weighted by molar-refractivity contribution is -0.384. The second-order valence-corrected chi connectivity index (χ2v) is 7.20. The lowest BCUT2D eigenvalue weighted by Crippen LogP contribution is -2.36. The fourth-order valence-electron chi connectivity index (χ4n) is 3.87. The third-order valence-corrected chi connectivity index (χ3v) is 5.51. The Labute approximate surface area is 171 Å². The van der Waals surface area contributed by atoms with Crippen molar-refractivity contribution in [2.24, 2.45) is 5.92 Å². The molecule has 0 saturated carbocycles. The van der Waals surface area contributed by atoms with Gasteiger partial charge in [-0.1, -0.05) is 0 Å². The van der Waals surface area contributed by atoms with Gasteiger partial charge in [-0.15, -0.1) is 0 Å². The molecule has 1 N–H and O–H groups in total. The minimum Gasteiger partial charge on any atom is -0.497 e. The summed E-state index contributed by atoms with van der Waals surface area (Å²) in [6.07, 6.45) is 2.45. The number of hydrogen-bond donors (Lipinski definition) is 1. The van der Waals surface area contributed by atoms with Crippen molar-refractivity contribution in [2.45, 2.75) is 12.8 Å². The van der Waals surface area contributed by atoms with Crippen LogP contribution in [0.4, 0.5) is 11.4 Å². The van der Waals surface area contributed by atoms with Crippen molar-refractivity contribution >= 4 is 28.1 Å². The van der Waals surface area contributed by atoms with E-state index in [1.165, 1.54) is 12.4 Å². The molecule has 0 unspecified atom stereocenters. The number of rotatable bonds is 5. The second kappa shape index (κ2) is 7.94. The molecular formula is C21H20N4O5. The number of aromatic nitrogens is 2. The Hall–Kier alpha value is -3.75. The van der Waals surface area contributed by atoms with Crippen LogP contribution < -0.4 is 15.2 Å². The number of fused-ring (bicyclic) bond motifs is 1. The highest BCUT2D eigenvalue weighted by Crippen LogP contribution is 2.34. The van der Waals surface area contributed by atoms with Crippen molar-refractivity contribution in [1.29, 1.82) is 0 Å². The molecule has 9 nitrogen and oxygen atoms in total. The highest BCUT2D eigenvalue weighted by Gasteiger charge is 2.29. The molecule has 2 aromatic carbocycles. The molecule has 0 bridgehead atoms. The summed E-state index contributed by atoms with van der Waals surface area (Å²) in [5, 5.41) is 11.8. The highest BCUT2D eigenvalue weighted by atomic mass is 16.6. The number of benzene rings is 2. The summed E-state index contributed by atoms with van der Waals surface area (Å²) < 4.78 is 5.13. The van der Waals surface area contributed by atoms with Gasteiger partial charge < -0.3 is 14.6 Å². The quantitative estimate of drug-likeness (QED) is 0.392. The van der Waals surface area contributed by atoms with Gasteiger partial charge in [0.25, 0.3) is 11.2 Å².